The summed E-state index contributed by atoms with van der Waals surface area (Å²) in [5.74, 6) is 0.341. The first-order chi connectivity index (χ1) is 5.27. The van der Waals surface area contributed by atoms with E-state index in [1.807, 2.05) is 0 Å². The number of carboxylic acids is 1. The summed E-state index contributed by atoms with van der Waals surface area (Å²) in [5, 5.41) is 8.83. The molecule has 2 bridgehead atoms. The summed E-state index contributed by atoms with van der Waals surface area (Å²) in [6, 6.07) is 0. The van der Waals surface area contributed by atoms with Crippen LogP contribution in [0.4, 0.5) is 0 Å². The smallest absolute Gasteiger partial charge is 0.306 e. The first-order valence-electron chi connectivity index (χ1n) is 4.17. The highest BCUT2D eigenvalue weighted by Crippen LogP contribution is 2.42. The lowest BCUT2D eigenvalue weighted by atomic mass is 9.91. The van der Waals surface area contributed by atoms with Crippen LogP contribution in [0.2, 0.25) is 0 Å². The van der Waals surface area contributed by atoms with Crippen LogP contribution in [0.1, 0.15) is 19.3 Å². The largest absolute Gasteiger partial charge is 0.481 e. The maximum atomic E-state index is 10.7. The maximum absolute atomic E-state index is 10.7. The van der Waals surface area contributed by atoms with Crippen LogP contribution in [0, 0.1) is 17.8 Å². The van der Waals surface area contributed by atoms with Crippen LogP contribution in [0.5, 0.6) is 0 Å². The van der Waals surface area contributed by atoms with Crippen molar-refractivity contribution in [3.8, 4) is 0 Å². The fourth-order valence-electron chi connectivity index (χ4n) is 2.33. The van der Waals surface area contributed by atoms with Gasteiger partial charge in [0, 0.05) is 0 Å². The second-order valence-electron chi connectivity index (χ2n) is 3.60. The monoisotopic (exact) mass is 152 g/mol. The molecular weight excluding hydrogens is 140 g/mol. The van der Waals surface area contributed by atoms with Crippen molar-refractivity contribution in [2.45, 2.75) is 19.3 Å². The van der Waals surface area contributed by atoms with Crippen LogP contribution in [0.3, 0.4) is 0 Å². The van der Waals surface area contributed by atoms with Crippen molar-refractivity contribution in [3.63, 3.8) is 0 Å². The van der Waals surface area contributed by atoms with E-state index in [1.165, 1.54) is 0 Å². The minimum atomic E-state index is -0.596. The van der Waals surface area contributed by atoms with Crippen LogP contribution in [-0.4, -0.2) is 11.1 Å². The normalized spacial score (nSPS) is 40.9. The zero-order valence-electron chi connectivity index (χ0n) is 6.36. The zero-order valence-corrected chi connectivity index (χ0v) is 6.36. The molecule has 2 nitrogen and oxygen atoms in total. The van der Waals surface area contributed by atoms with E-state index in [4.69, 9.17) is 5.11 Å². The third-order valence-electron chi connectivity index (χ3n) is 2.90. The van der Waals surface area contributed by atoms with Crippen molar-refractivity contribution in [1.82, 2.24) is 0 Å². The van der Waals surface area contributed by atoms with Crippen LogP contribution < -0.4 is 0 Å². The highest BCUT2D eigenvalue weighted by molar-refractivity contribution is 5.71. The fourth-order valence-corrected chi connectivity index (χ4v) is 2.33. The average molecular weight is 152 g/mol. The van der Waals surface area contributed by atoms with Crippen molar-refractivity contribution < 1.29 is 9.90 Å². The summed E-state index contributed by atoms with van der Waals surface area (Å²) in [5.41, 5.74) is 0. The molecule has 0 spiro atoms. The molecule has 0 amide bonds. The molecule has 2 heteroatoms. The van der Waals surface area contributed by atoms with Gasteiger partial charge in [-0.2, -0.15) is 0 Å². The molecule has 0 aromatic rings. The Morgan fingerprint density at radius 3 is 2.91 bits per heavy atom. The second kappa shape index (κ2) is 2.36. The van der Waals surface area contributed by atoms with Crippen LogP contribution in [0.25, 0.3) is 0 Å². The van der Waals surface area contributed by atoms with Gasteiger partial charge in [-0.25, -0.2) is 0 Å². The van der Waals surface area contributed by atoms with Gasteiger partial charge in [0.1, 0.15) is 0 Å². The molecule has 3 atom stereocenters. The predicted octanol–water partition coefficient (Wildman–Crippen LogP) is 1.67. The molecule has 2 rings (SSSR count). The van der Waals surface area contributed by atoms with E-state index in [2.05, 4.69) is 12.2 Å². The average Bonchev–Trinajstić information content (AvgIpc) is 2.27. The molecule has 0 heterocycles. The van der Waals surface area contributed by atoms with Gasteiger partial charge in [0.05, 0.1) is 5.92 Å². The summed E-state index contributed by atoms with van der Waals surface area (Å²) >= 11 is 0. The van der Waals surface area contributed by atoms with Gasteiger partial charge in [0.25, 0.3) is 0 Å². The molecule has 0 aliphatic heterocycles. The number of rotatable bonds is 1. The Bertz CT molecular complexity index is 208. The van der Waals surface area contributed by atoms with E-state index in [9.17, 15) is 4.79 Å². The fraction of sp³-hybridized carbons (Fsp3) is 0.667. The van der Waals surface area contributed by atoms with Crippen molar-refractivity contribution in [2.24, 2.45) is 17.8 Å². The van der Waals surface area contributed by atoms with Crippen LogP contribution in [0.15, 0.2) is 12.2 Å². The Morgan fingerprint density at radius 2 is 2.27 bits per heavy atom. The third-order valence-corrected chi connectivity index (χ3v) is 2.90. The Morgan fingerprint density at radius 1 is 1.45 bits per heavy atom. The molecule has 0 saturated heterocycles. The molecule has 0 aromatic carbocycles. The molecule has 0 aromatic heterocycles. The Hall–Kier alpha value is -0.790. The lowest BCUT2D eigenvalue weighted by Crippen LogP contribution is -2.17. The Kier molecular flexibility index (Phi) is 1.48. The lowest BCUT2D eigenvalue weighted by molar-refractivity contribution is -0.142. The molecule has 11 heavy (non-hydrogen) atoms. The Balaban J connectivity index is 2.14. The zero-order chi connectivity index (χ0) is 7.84. The molecule has 1 N–H and O–H groups in total. The van der Waals surface area contributed by atoms with E-state index in [-0.39, 0.29) is 5.92 Å². The van der Waals surface area contributed by atoms with Gasteiger partial charge in [-0.05, 0) is 31.1 Å². The number of hydrogen-bond acceptors (Lipinski definition) is 1. The molecular formula is C9H12O2. The number of carbonyl (C=O) groups is 1. The molecule has 2 aliphatic carbocycles. The van der Waals surface area contributed by atoms with Crippen LogP contribution in [-0.2, 0) is 4.79 Å². The summed E-state index contributed by atoms with van der Waals surface area (Å²) in [4.78, 5) is 10.7. The summed E-state index contributed by atoms with van der Waals surface area (Å²) in [6.07, 6.45) is 7.28. The van der Waals surface area contributed by atoms with Crippen molar-refractivity contribution >= 4 is 5.97 Å². The topological polar surface area (TPSA) is 37.3 Å². The van der Waals surface area contributed by atoms with Gasteiger partial charge < -0.3 is 5.11 Å². The van der Waals surface area contributed by atoms with Gasteiger partial charge in [-0.3, -0.25) is 4.79 Å². The summed E-state index contributed by atoms with van der Waals surface area (Å²) in [6.45, 7) is 0. The van der Waals surface area contributed by atoms with Gasteiger partial charge in [-0.15, -0.1) is 0 Å². The van der Waals surface area contributed by atoms with Gasteiger partial charge in [0.15, 0.2) is 0 Å². The summed E-state index contributed by atoms with van der Waals surface area (Å²) < 4.78 is 0. The first kappa shape index (κ1) is 6.89. The third kappa shape index (κ3) is 1.06. The van der Waals surface area contributed by atoms with Crippen molar-refractivity contribution in [3.05, 3.63) is 12.2 Å². The SMILES string of the molecule is O=C(O)C1CC2C=CCC1C2. The number of aliphatic carboxylic acids is 1. The van der Waals surface area contributed by atoms with Gasteiger partial charge >= 0.3 is 5.97 Å². The van der Waals surface area contributed by atoms with E-state index < -0.39 is 5.97 Å². The van der Waals surface area contributed by atoms with Gasteiger partial charge in [-0.1, -0.05) is 12.2 Å². The minimum Gasteiger partial charge on any atom is -0.481 e. The standard InChI is InChI=1S/C9H12O2/c10-9(11)8-5-6-2-1-3-7(8)4-6/h1-2,6-8H,3-5H2,(H,10,11). The van der Waals surface area contributed by atoms with Crippen LogP contribution >= 0.6 is 0 Å². The minimum absolute atomic E-state index is 0.0602. The summed E-state index contributed by atoms with van der Waals surface area (Å²) in [7, 11) is 0. The van der Waals surface area contributed by atoms with E-state index in [0.29, 0.717) is 11.8 Å². The lowest BCUT2D eigenvalue weighted by Gasteiger charge is -2.14. The number of carboxylic acid groups (broad SMARTS) is 1. The van der Waals surface area contributed by atoms with E-state index >= 15 is 0 Å². The number of hydrogen-bond donors (Lipinski definition) is 1. The molecule has 2 aliphatic rings. The molecule has 3 unspecified atom stereocenters. The molecule has 1 fully saturated rings. The highest BCUT2D eigenvalue weighted by Gasteiger charge is 2.38. The van der Waals surface area contributed by atoms with E-state index in [0.717, 1.165) is 19.3 Å². The first-order valence-corrected chi connectivity index (χ1v) is 4.17. The quantitative estimate of drug-likeness (QED) is 0.580. The number of fused-ring (bicyclic) bond motifs is 2. The number of allylic oxidation sites excluding steroid dienone is 2. The Labute approximate surface area is 65.9 Å². The van der Waals surface area contributed by atoms with Crippen molar-refractivity contribution in [1.29, 1.82) is 0 Å². The second-order valence-corrected chi connectivity index (χ2v) is 3.60. The molecule has 0 radical (unpaired) electrons. The molecule has 1 saturated carbocycles. The van der Waals surface area contributed by atoms with E-state index in [1.54, 1.807) is 0 Å². The van der Waals surface area contributed by atoms with Gasteiger partial charge in [0.2, 0.25) is 0 Å². The predicted molar refractivity (Wildman–Crippen MR) is 41.1 cm³/mol. The maximum Gasteiger partial charge on any atom is 0.306 e. The van der Waals surface area contributed by atoms with Crippen molar-refractivity contribution in [2.75, 3.05) is 0 Å². The highest BCUT2D eigenvalue weighted by atomic mass is 16.4. The molecule has 60 valence electrons.